The zero-order valence-corrected chi connectivity index (χ0v) is 9.48. The number of nitro groups is 1. The van der Waals surface area contributed by atoms with Crippen LogP contribution in [0.15, 0.2) is 12.1 Å². The molecule has 1 amide bonds. The Morgan fingerprint density at radius 2 is 2.18 bits per heavy atom. The SMILES string of the molecule is Cc1cc([N+](=O)[O-])cc2c1sc(C(N)=O)[n+]2[O-]. The molecule has 1 heterocycles. The number of aryl methyl sites for hydroxylation is 1. The van der Waals surface area contributed by atoms with Crippen LogP contribution in [0.3, 0.4) is 0 Å². The van der Waals surface area contributed by atoms with Crippen LogP contribution in [0.25, 0.3) is 10.2 Å². The molecule has 2 N–H and O–H groups in total. The highest BCUT2D eigenvalue weighted by Crippen LogP contribution is 2.28. The van der Waals surface area contributed by atoms with Crippen LogP contribution in [0, 0.1) is 22.2 Å². The number of nitro benzene ring substituents is 1. The van der Waals surface area contributed by atoms with Crippen molar-refractivity contribution in [1.29, 1.82) is 0 Å². The standard InChI is InChI=1S/C9H7N3O4S/c1-4-2-5(12(15)16)3-6-7(4)17-9(8(10)13)11(6)14/h2-3H,1H3,(H2,10,13). The number of thiazole rings is 1. The molecule has 2 aromatic rings. The molecule has 0 aliphatic heterocycles. The Morgan fingerprint density at radius 1 is 1.53 bits per heavy atom. The number of aromatic nitrogens is 1. The number of benzene rings is 1. The summed E-state index contributed by atoms with van der Waals surface area (Å²) in [7, 11) is 0. The maximum absolute atomic E-state index is 11.7. The monoisotopic (exact) mass is 253 g/mol. The Balaban J connectivity index is 2.83. The molecule has 0 aliphatic rings. The Bertz CT molecular complexity index is 649. The molecule has 1 aromatic heterocycles. The summed E-state index contributed by atoms with van der Waals surface area (Å²) in [4.78, 5) is 21.1. The molecule has 0 fully saturated rings. The van der Waals surface area contributed by atoms with Crippen LogP contribution >= 0.6 is 11.3 Å². The Labute approximate surface area is 98.8 Å². The molecule has 0 aliphatic carbocycles. The fraction of sp³-hybridized carbons (Fsp3) is 0.111. The summed E-state index contributed by atoms with van der Waals surface area (Å²) in [5.41, 5.74) is 5.52. The number of nitrogens with zero attached hydrogens (tertiary/aromatic N) is 2. The van der Waals surface area contributed by atoms with Gasteiger partial charge in [0.1, 0.15) is 4.70 Å². The molecule has 88 valence electrons. The van der Waals surface area contributed by atoms with E-state index < -0.39 is 10.8 Å². The normalized spacial score (nSPS) is 10.6. The maximum Gasteiger partial charge on any atom is 0.339 e. The minimum Gasteiger partial charge on any atom is -0.617 e. The fourth-order valence-corrected chi connectivity index (χ4v) is 2.47. The molecule has 0 saturated carbocycles. The van der Waals surface area contributed by atoms with E-state index in [1.807, 2.05) is 0 Å². The Kier molecular flexibility index (Phi) is 2.43. The van der Waals surface area contributed by atoms with Gasteiger partial charge in [0.25, 0.3) is 5.69 Å². The number of non-ortho nitro benzene ring substituents is 1. The lowest BCUT2D eigenvalue weighted by atomic mass is 10.2. The highest BCUT2D eigenvalue weighted by molar-refractivity contribution is 7.20. The Morgan fingerprint density at radius 3 is 2.71 bits per heavy atom. The summed E-state index contributed by atoms with van der Waals surface area (Å²) in [5.74, 6) is -0.844. The van der Waals surface area contributed by atoms with E-state index in [0.29, 0.717) is 15.0 Å². The molecular weight excluding hydrogens is 246 g/mol. The smallest absolute Gasteiger partial charge is 0.339 e. The molecular formula is C9H7N3O4S. The first-order chi connectivity index (χ1) is 7.91. The summed E-state index contributed by atoms with van der Waals surface area (Å²) < 4.78 is 0.863. The summed E-state index contributed by atoms with van der Waals surface area (Å²) >= 11 is 0.932. The number of carbonyl (C=O) groups is 1. The quantitative estimate of drug-likeness (QED) is 0.370. The van der Waals surface area contributed by atoms with E-state index in [2.05, 4.69) is 0 Å². The molecule has 1 aromatic carbocycles. The zero-order valence-electron chi connectivity index (χ0n) is 8.67. The van der Waals surface area contributed by atoms with Gasteiger partial charge in [-0.2, -0.15) is 0 Å². The van der Waals surface area contributed by atoms with Gasteiger partial charge in [0, 0.05) is 6.07 Å². The van der Waals surface area contributed by atoms with Crippen molar-refractivity contribution < 1.29 is 14.4 Å². The number of fused-ring (bicyclic) bond motifs is 1. The molecule has 0 bridgehead atoms. The zero-order chi connectivity index (χ0) is 12.7. The number of rotatable bonds is 2. The second-order valence-corrected chi connectivity index (χ2v) is 4.43. The fourth-order valence-electron chi connectivity index (χ4n) is 1.52. The number of nitrogens with two attached hydrogens (primary N) is 1. The van der Waals surface area contributed by atoms with Crippen LogP contribution in [-0.2, 0) is 0 Å². The molecule has 7 nitrogen and oxygen atoms in total. The number of hydrogen-bond acceptors (Lipinski definition) is 5. The van der Waals surface area contributed by atoms with Crippen molar-refractivity contribution in [3.8, 4) is 0 Å². The Hall–Kier alpha value is -2.22. The van der Waals surface area contributed by atoms with Crippen molar-refractivity contribution in [2.45, 2.75) is 6.92 Å². The molecule has 0 unspecified atom stereocenters. The minimum atomic E-state index is -0.844. The van der Waals surface area contributed by atoms with E-state index in [4.69, 9.17) is 5.73 Å². The predicted molar refractivity (Wildman–Crippen MR) is 60.7 cm³/mol. The lowest BCUT2D eigenvalue weighted by molar-refractivity contribution is -0.574. The van der Waals surface area contributed by atoms with Gasteiger partial charge in [0.15, 0.2) is 0 Å². The van der Waals surface area contributed by atoms with Crippen molar-refractivity contribution in [2.75, 3.05) is 0 Å². The first-order valence-corrected chi connectivity index (χ1v) is 5.34. The van der Waals surface area contributed by atoms with Crippen molar-refractivity contribution in [3.63, 3.8) is 0 Å². The first kappa shape index (κ1) is 11.3. The van der Waals surface area contributed by atoms with Crippen LogP contribution in [0.4, 0.5) is 5.69 Å². The van der Waals surface area contributed by atoms with Crippen LogP contribution in [0.5, 0.6) is 0 Å². The van der Waals surface area contributed by atoms with Crippen molar-refractivity contribution in [3.05, 3.63) is 38.0 Å². The number of hydrogen-bond donors (Lipinski definition) is 1. The highest BCUT2D eigenvalue weighted by atomic mass is 32.1. The van der Waals surface area contributed by atoms with E-state index >= 15 is 0 Å². The van der Waals surface area contributed by atoms with E-state index in [-0.39, 0.29) is 16.2 Å². The van der Waals surface area contributed by atoms with Crippen LogP contribution in [-0.4, -0.2) is 10.8 Å². The largest absolute Gasteiger partial charge is 0.617 e. The average molecular weight is 253 g/mol. The summed E-state index contributed by atoms with van der Waals surface area (Å²) in [6.45, 7) is 1.64. The molecule has 2 rings (SSSR count). The lowest BCUT2D eigenvalue weighted by Crippen LogP contribution is -2.34. The van der Waals surface area contributed by atoms with Gasteiger partial charge < -0.3 is 10.9 Å². The van der Waals surface area contributed by atoms with Crippen LogP contribution < -0.4 is 10.5 Å². The second kappa shape index (κ2) is 3.67. The highest BCUT2D eigenvalue weighted by Gasteiger charge is 2.24. The van der Waals surface area contributed by atoms with Crippen molar-refractivity contribution >= 4 is 33.1 Å². The molecule has 17 heavy (non-hydrogen) atoms. The topological polar surface area (TPSA) is 113 Å². The van der Waals surface area contributed by atoms with Crippen LogP contribution in [0.2, 0.25) is 0 Å². The lowest BCUT2D eigenvalue weighted by Gasteiger charge is -1.96. The molecule has 0 saturated heterocycles. The van der Waals surface area contributed by atoms with E-state index in [0.717, 1.165) is 17.4 Å². The third-order valence-corrected chi connectivity index (χ3v) is 3.56. The third kappa shape index (κ3) is 1.68. The molecule has 0 radical (unpaired) electrons. The van der Waals surface area contributed by atoms with E-state index in [1.54, 1.807) is 6.92 Å². The predicted octanol–water partition coefficient (Wildman–Crippen LogP) is 0.850. The van der Waals surface area contributed by atoms with Crippen molar-refractivity contribution in [2.24, 2.45) is 5.73 Å². The number of amides is 1. The van der Waals surface area contributed by atoms with Gasteiger partial charge in [-0.05, 0) is 12.5 Å². The van der Waals surface area contributed by atoms with Gasteiger partial charge in [0.2, 0.25) is 5.52 Å². The number of carbonyl (C=O) groups excluding carboxylic acids is 1. The van der Waals surface area contributed by atoms with Crippen molar-refractivity contribution in [1.82, 2.24) is 0 Å². The van der Waals surface area contributed by atoms with E-state index in [9.17, 15) is 20.1 Å². The molecule has 0 spiro atoms. The third-order valence-electron chi connectivity index (χ3n) is 2.26. The van der Waals surface area contributed by atoms with Gasteiger partial charge in [-0.15, -0.1) is 4.73 Å². The van der Waals surface area contributed by atoms with E-state index in [1.165, 1.54) is 6.07 Å². The number of primary amides is 1. The van der Waals surface area contributed by atoms with Gasteiger partial charge in [-0.25, -0.2) is 0 Å². The van der Waals surface area contributed by atoms with Gasteiger partial charge >= 0.3 is 10.9 Å². The summed E-state index contributed by atoms with van der Waals surface area (Å²) in [6.07, 6.45) is 0. The van der Waals surface area contributed by atoms with Gasteiger partial charge in [-0.1, -0.05) is 11.3 Å². The molecule has 8 heteroatoms. The van der Waals surface area contributed by atoms with Gasteiger partial charge in [-0.3, -0.25) is 14.9 Å². The summed E-state index contributed by atoms with van der Waals surface area (Å²) in [6, 6.07) is 2.49. The first-order valence-electron chi connectivity index (χ1n) is 4.52. The minimum absolute atomic E-state index is 0.0931. The van der Waals surface area contributed by atoms with Crippen LogP contribution in [0.1, 0.15) is 15.4 Å². The molecule has 0 atom stereocenters. The maximum atomic E-state index is 11.7. The second-order valence-electron chi connectivity index (χ2n) is 3.43. The average Bonchev–Trinajstić information content (AvgIpc) is 2.57. The summed E-state index contributed by atoms with van der Waals surface area (Å²) in [5, 5.41) is 22.2. The van der Waals surface area contributed by atoms with Gasteiger partial charge in [0.05, 0.1) is 11.0 Å².